The number of rotatable bonds is 1. The Hall–Kier alpha value is -1.30. The molecule has 2 heterocycles. The Morgan fingerprint density at radius 3 is 2.26 bits per heavy atom. The van der Waals surface area contributed by atoms with Gasteiger partial charge in [0, 0.05) is 13.1 Å². The summed E-state index contributed by atoms with van der Waals surface area (Å²) in [6.45, 7) is 7.84. The van der Waals surface area contributed by atoms with E-state index in [9.17, 15) is 13.2 Å². The van der Waals surface area contributed by atoms with Crippen molar-refractivity contribution in [1.29, 1.82) is 0 Å². The molecule has 1 saturated heterocycles. The van der Waals surface area contributed by atoms with E-state index < -0.39 is 11.9 Å². The third-order valence-electron chi connectivity index (χ3n) is 2.58. The minimum absolute atomic E-state index is 0.376. The van der Waals surface area contributed by atoms with Gasteiger partial charge in [0.05, 0.1) is 13.2 Å². The van der Waals surface area contributed by atoms with Gasteiger partial charge in [-0.25, -0.2) is 4.98 Å². The van der Waals surface area contributed by atoms with E-state index in [1.807, 2.05) is 18.7 Å². The molecule has 108 valence electrons. The minimum Gasteiger partial charge on any atom is -0.378 e. The molecule has 0 unspecified atom stereocenters. The van der Waals surface area contributed by atoms with E-state index in [1.54, 1.807) is 13.0 Å². The van der Waals surface area contributed by atoms with Crippen molar-refractivity contribution in [2.24, 2.45) is 0 Å². The van der Waals surface area contributed by atoms with Gasteiger partial charge in [0.1, 0.15) is 11.5 Å². The van der Waals surface area contributed by atoms with Crippen LogP contribution in [0, 0.1) is 6.92 Å². The van der Waals surface area contributed by atoms with Gasteiger partial charge in [0.25, 0.3) is 0 Å². The number of alkyl halides is 3. The zero-order valence-corrected chi connectivity index (χ0v) is 11.4. The summed E-state index contributed by atoms with van der Waals surface area (Å²) in [4.78, 5) is 5.49. The van der Waals surface area contributed by atoms with Crippen LogP contribution in [0.15, 0.2) is 12.1 Å². The highest BCUT2D eigenvalue weighted by Gasteiger charge is 2.33. The second kappa shape index (κ2) is 6.75. The van der Waals surface area contributed by atoms with Gasteiger partial charge in [-0.1, -0.05) is 13.8 Å². The number of pyridine rings is 1. The molecule has 1 fully saturated rings. The third-order valence-corrected chi connectivity index (χ3v) is 2.58. The van der Waals surface area contributed by atoms with E-state index >= 15 is 0 Å². The molecule has 1 aliphatic heterocycles. The summed E-state index contributed by atoms with van der Waals surface area (Å²) in [5.41, 5.74) is -0.271. The van der Waals surface area contributed by atoms with Crippen molar-refractivity contribution < 1.29 is 17.9 Å². The van der Waals surface area contributed by atoms with Crippen LogP contribution in [0.2, 0.25) is 0 Å². The van der Waals surface area contributed by atoms with Crippen LogP contribution in [-0.2, 0) is 10.9 Å². The smallest absolute Gasteiger partial charge is 0.378 e. The highest BCUT2D eigenvalue weighted by molar-refractivity contribution is 5.43. The fourth-order valence-corrected chi connectivity index (χ4v) is 1.75. The van der Waals surface area contributed by atoms with Crippen molar-refractivity contribution in [2.45, 2.75) is 26.9 Å². The second-order valence-electron chi connectivity index (χ2n) is 3.99. The molecule has 0 atom stereocenters. The van der Waals surface area contributed by atoms with Gasteiger partial charge >= 0.3 is 6.18 Å². The molecule has 0 aliphatic carbocycles. The van der Waals surface area contributed by atoms with Crippen LogP contribution in [0.25, 0.3) is 0 Å². The number of aryl methyl sites for hydroxylation is 1. The van der Waals surface area contributed by atoms with Crippen LogP contribution >= 0.6 is 0 Å². The summed E-state index contributed by atoms with van der Waals surface area (Å²) in [6, 6.07) is 2.73. The number of anilines is 1. The molecular formula is C13H19F3N2O. The van der Waals surface area contributed by atoms with Gasteiger partial charge in [0.2, 0.25) is 0 Å². The van der Waals surface area contributed by atoms with Crippen LogP contribution in [0.5, 0.6) is 0 Å². The molecule has 0 radical (unpaired) electrons. The average Bonchev–Trinajstić information content (AvgIpc) is 2.40. The lowest BCUT2D eigenvalue weighted by Crippen LogP contribution is -2.37. The third kappa shape index (κ3) is 4.38. The van der Waals surface area contributed by atoms with Crippen molar-refractivity contribution in [3.05, 3.63) is 23.4 Å². The molecule has 2 rings (SSSR count). The molecule has 6 heteroatoms. The fraction of sp³-hybridized carbons (Fsp3) is 0.615. The molecule has 0 aromatic carbocycles. The standard InChI is InChI=1S/C11H13F3N2O.C2H6/c1-8-6-9(11(12,13)14)15-10(7-8)16-2-4-17-5-3-16;1-2/h6-7H,2-5H2,1H3;1-2H3. The molecule has 0 N–H and O–H groups in total. The molecule has 0 spiro atoms. The number of halogens is 3. The fourth-order valence-electron chi connectivity index (χ4n) is 1.75. The van der Waals surface area contributed by atoms with Crippen LogP contribution in [0.4, 0.5) is 19.0 Å². The molecule has 19 heavy (non-hydrogen) atoms. The number of aromatic nitrogens is 1. The lowest BCUT2D eigenvalue weighted by molar-refractivity contribution is -0.141. The second-order valence-corrected chi connectivity index (χ2v) is 3.99. The van der Waals surface area contributed by atoms with Gasteiger partial charge in [-0.05, 0) is 24.6 Å². The summed E-state index contributed by atoms with van der Waals surface area (Å²) in [7, 11) is 0. The number of hydrogen-bond donors (Lipinski definition) is 0. The molecule has 3 nitrogen and oxygen atoms in total. The highest BCUT2D eigenvalue weighted by Crippen LogP contribution is 2.30. The average molecular weight is 276 g/mol. The lowest BCUT2D eigenvalue weighted by Gasteiger charge is -2.28. The Morgan fingerprint density at radius 1 is 1.16 bits per heavy atom. The van der Waals surface area contributed by atoms with Crippen LogP contribution < -0.4 is 4.90 Å². The molecule has 1 aromatic rings. The first-order valence-electron chi connectivity index (χ1n) is 6.35. The number of nitrogens with zero attached hydrogens (tertiary/aromatic N) is 2. The van der Waals surface area contributed by atoms with Crippen molar-refractivity contribution in [2.75, 3.05) is 31.2 Å². The number of ether oxygens (including phenoxy) is 1. The highest BCUT2D eigenvalue weighted by atomic mass is 19.4. The summed E-state index contributed by atoms with van der Waals surface area (Å²) in [5.74, 6) is 0.376. The predicted molar refractivity (Wildman–Crippen MR) is 68.4 cm³/mol. The Labute approximate surface area is 111 Å². The molecule has 1 aliphatic rings. The molecule has 1 aromatic heterocycles. The summed E-state index contributed by atoms with van der Waals surface area (Å²) >= 11 is 0. The molecule has 0 bridgehead atoms. The summed E-state index contributed by atoms with van der Waals surface area (Å²) < 4.78 is 43.0. The first kappa shape index (κ1) is 15.8. The van der Waals surface area contributed by atoms with Crippen molar-refractivity contribution in [1.82, 2.24) is 4.98 Å². The van der Waals surface area contributed by atoms with Crippen molar-refractivity contribution >= 4 is 5.82 Å². The van der Waals surface area contributed by atoms with Gasteiger partial charge in [-0.15, -0.1) is 0 Å². The van der Waals surface area contributed by atoms with Gasteiger partial charge in [0.15, 0.2) is 0 Å². The van der Waals surface area contributed by atoms with E-state index in [2.05, 4.69) is 4.98 Å². The summed E-state index contributed by atoms with van der Waals surface area (Å²) in [6.07, 6.45) is -4.40. The van der Waals surface area contributed by atoms with E-state index in [0.29, 0.717) is 37.7 Å². The largest absolute Gasteiger partial charge is 0.433 e. The van der Waals surface area contributed by atoms with Crippen LogP contribution in [-0.4, -0.2) is 31.3 Å². The van der Waals surface area contributed by atoms with E-state index in [0.717, 1.165) is 6.07 Å². The monoisotopic (exact) mass is 276 g/mol. The summed E-state index contributed by atoms with van der Waals surface area (Å²) in [5, 5.41) is 0. The maximum absolute atomic E-state index is 12.6. The van der Waals surface area contributed by atoms with Gasteiger partial charge < -0.3 is 9.64 Å². The normalized spacial score (nSPS) is 15.8. The molecule has 0 saturated carbocycles. The molecule has 0 amide bonds. The number of hydrogen-bond acceptors (Lipinski definition) is 3. The van der Waals surface area contributed by atoms with E-state index in [1.165, 1.54) is 0 Å². The Morgan fingerprint density at radius 2 is 1.74 bits per heavy atom. The Kier molecular flexibility index (Phi) is 5.60. The van der Waals surface area contributed by atoms with Crippen LogP contribution in [0.1, 0.15) is 25.1 Å². The Balaban J connectivity index is 0.000000861. The van der Waals surface area contributed by atoms with Crippen molar-refractivity contribution in [3.8, 4) is 0 Å². The number of morpholine rings is 1. The van der Waals surface area contributed by atoms with Crippen LogP contribution in [0.3, 0.4) is 0 Å². The first-order chi connectivity index (χ1) is 8.97. The minimum atomic E-state index is -4.40. The van der Waals surface area contributed by atoms with E-state index in [-0.39, 0.29) is 0 Å². The van der Waals surface area contributed by atoms with Crippen molar-refractivity contribution in [3.63, 3.8) is 0 Å². The van der Waals surface area contributed by atoms with Gasteiger partial charge in [-0.2, -0.15) is 13.2 Å². The maximum atomic E-state index is 12.6. The SMILES string of the molecule is CC.Cc1cc(N2CCOCC2)nc(C(F)(F)F)c1. The Bertz CT molecular complexity index is 401. The topological polar surface area (TPSA) is 25.4 Å². The molecular weight excluding hydrogens is 257 g/mol. The quantitative estimate of drug-likeness (QED) is 0.787. The van der Waals surface area contributed by atoms with Gasteiger partial charge in [-0.3, -0.25) is 0 Å². The zero-order valence-electron chi connectivity index (χ0n) is 11.4. The maximum Gasteiger partial charge on any atom is 0.433 e. The predicted octanol–water partition coefficient (Wildman–Crippen LogP) is 3.27. The lowest BCUT2D eigenvalue weighted by atomic mass is 10.2. The zero-order chi connectivity index (χ0) is 14.5. The first-order valence-corrected chi connectivity index (χ1v) is 6.35. The van der Waals surface area contributed by atoms with E-state index in [4.69, 9.17) is 4.74 Å².